The summed E-state index contributed by atoms with van der Waals surface area (Å²) in [4.78, 5) is 5.19. The summed E-state index contributed by atoms with van der Waals surface area (Å²) in [5.74, 6) is 0. The summed E-state index contributed by atoms with van der Waals surface area (Å²) in [6.07, 6.45) is 2.55. The lowest BCUT2D eigenvalue weighted by Crippen LogP contribution is -2.45. The van der Waals surface area contributed by atoms with Crippen molar-refractivity contribution < 1.29 is 0 Å². The first-order valence-corrected chi connectivity index (χ1v) is 8.57. The summed E-state index contributed by atoms with van der Waals surface area (Å²) >= 11 is 0. The van der Waals surface area contributed by atoms with E-state index in [1.165, 1.54) is 51.1 Å². The Morgan fingerprint density at radius 1 is 1.10 bits per heavy atom. The minimum Gasteiger partial charge on any atom is -0.314 e. The van der Waals surface area contributed by atoms with E-state index in [-0.39, 0.29) is 0 Å². The highest BCUT2D eigenvalue weighted by Gasteiger charge is 2.21. The Kier molecular flexibility index (Phi) is 7.20. The number of hydrogen-bond acceptors (Lipinski definition) is 3. The van der Waals surface area contributed by atoms with Crippen LogP contribution in [0.1, 0.15) is 38.3 Å². The van der Waals surface area contributed by atoms with E-state index < -0.39 is 0 Å². The molecule has 0 aliphatic carbocycles. The van der Waals surface area contributed by atoms with Crippen molar-refractivity contribution in [2.75, 3.05) is 45.8 Å². The predicted octanol–water partition coefficient (Wildman–Crippen LogP) is 2.75. The van der Waals surface area contributed by atoms with Crippen LogP contribution in [0.3, 0.4) is 0 Å². The van der Waals surface area contributed by atoms with Crippen LogP contribution in [0.25, 0.3) is 0 Å². The van der Waals surface area contributed by atoms with Gasteiger partial charge in [-0.1, -0.05) is 44.2 Å². The number of nitrogens with one attached hydrogen (secondary N) is 1. The quantitative estimate of drug-likeness (QED) is 0.794. The van der Waals surface area contributed by atoms with Gasteiger partial charge in [-0.15, -0.1) is 0 Å². The van der Waals surface area contributed by atoms with Gasteiger partial charge in [0.05, 0.1) is 0 Å². The Morgan fingerprint density at radius 2 is 1.76 bits per heavy atom. The van der Waals surface area contributed by atoms with Gasteiger partial charge in [0.15, 0.2) is 0 Å². The molecule has 1 saturated heterocycles. The Labute approximate surface area is 130 Å². The van der Waals surface area contributed by atoms with Gasteiger partial charge in [0.2, 0.25) is 0 Å². The van der Waals surface area contributed by atoms with Crippen LogP contribution < -0.4 is 5.32 Å². The highest BCUT2D eigenvalue weighted by atomic mass is 15.2. The molecular weight excluding hydrogens is 258 g/mol. The molecule has 1 aliphatic rings. The maximum absolute atomic E-state index is 3.46. The second-order valence-electron chi connectivity index (χ2n) is 5.88. The van der Waals surface area contributed by atoms with Crippen molar-refractivity contribution in [1.82, 2.24) is 15.1 Å². The Bertz CT molecular complexity index is 369. The lowest BCUT2D eigenvalue weighted by Gasteiger charge is -2.35. The van der Waals surface area contributed by atoms with Gasteiger partial charge in [-0.3, -0.25) is 4.90 Å². The van der Waals surface area contributed by atoms with Crippen molar-refractivity contribution >= 4 is 0 Å². The van der Waals surface area contributed by atoms with Crippen molar-refractivity contribution in [1.29, 1.82) is 0 Å². The monoisotopic (exact) mass is 289 g/mol. The first-order valence-electron chi connectivity index (χ1n) is 8.57. The molecule has 0 saturated carbocycles. The van der Waals surface area contributed by atoms with Gasteiger partial charge < -0.3 is 10.2 Å². The summed E-state index contributed by atoms with van der Waals surface area (Å²) in [5.41, 5.74) is 1.49. The van der Waals surface area contributed by atoms with Crippen LogP contribution >= 0.6 is 0 Å². The third kappa shape index (κ3) is 5.10. The molecule has 1 heterocycles. The Morgan fingerprint density at radius 3 is 2.38 bits per heavy atom. The van der Waals surface area contributed by atoms with Crippen LogP contribution in [0.5, 0.6) is 0 Å². The molecule has 1 atom stereocenters. The van der Waals surface area contributed by atoms with Crippen molar-refractivity contribution in [3.63, 3.8) is 0 Å². The molecule has 0 aromatic heterocycles. The second-order valence-corrected chi connectivity index (χ2v) is 5.88. The fourth-order valence-corrected chi connectivity index (χ4v) is 3.28. The SMILES string of the molecule is CCN(CC)CCC[C@@H](c1ccccc1)N1CCNCC1. The summed E-state index contributed by atoms with van der Waals surface area (Å²) in [6.45, 7) is 12.7. The zero-order valence-corrected chi connectivity index (χ0v) is 13.7. The number of nitrogens with zero attached hydrogens (tertiary/aromatic N) is 2. The van der Waals surface area contributed by atoms with Crippen LogP contribution in [0.15, 0.2) is 30.3 Å². The lowest BCUT2D eigenvalue weighted by molar-refractivity contribution is 0.158. The topological polar surface area (TPSA) is 18.5 Å². The Hall–Kier alpha value is -0.900. The van der Waals surface area contributed by atoms with E-state index in [9.17, 15) is 0 Å². The van der Waals surface area contributed by atoms with E-state index >= 15 is 0 Å². The average molecular weight is 289 g/mol. The highest BCUT2D eigenvalue weighted by molar-refractivity contribution is 5.19. The number of piperazine rings is 1. The molecule has 0 bridgehead atoms. The number of benzene rings is 1. The third-order valence-electron chi connectivity index (χ3n) is 4.62. The average Bonchev–Trinajstić information content (AvgIpc) is 2.57. The minimum absolute atomic E-state index is 0.587. The molecule has 3 nitrogen and oxygen atoms in total. The van der Waals surface area contributed by atoms with Gasteiger partial charge in [-0.05, 0) is 38.0 Å². The molecule has 3 heteroatoms. The fourth-order valence-electron chi connectivity index (χ4n) is 3.28. The third-order valence-corrected chi connectivity index (χ3v) is 4.62. The summed E-state index contributed by atoms with van der Waals surface area (Å²) in [7, 11) is 0. The standard InChI is InChI=1S/C18H31N3/c1-3-20(4-2)14-8-11-18(17-9-6-5-7-10-17)21-15-12-19-13-16-21/h5-7,9-10,18-19H,3-4,8,11-16H2,1-2H3/t18-/m0/s1. The van der Waals surface area contributed by atoms with E-state index in [2.05, 4.69) is 59.3 Å². The van der Waals surface area contributed by atoms with Crippen LogP contribution in [0, 0.1) is 0 Å². The Balaban J connectivity index is 1.95. The summed E-state index contributed by atoms with van der Waals surface area (Å²) < 4.78 is 0. The van der Waals surface area contributed by atoms with Gasteiger partial charge in [-0.2, -0.15) is 0 Å². The van der Waals surface area contributed by atoms with Crippen LogP contribution in [0.2, 0.25) is 0 Å². The molecule has 1 fully saturated rings. The first kappa shape index (κ1) is 16.5. The van der Waals surface area contributed by atoms with Gasteiger partial charge in [0.1, 0.15) is 0 Å². The molecule has 118 valence electrons. The first-order chi connectivity index (χ1) is 10.3. The number of hydrogen-bond donors (Lipinski definition) is 1. The molecule has 0 radical (unpaired) electrons. The fraction of sp³-hybridized carbons (Fsp3) is 0.667. The summed E-state index contributed by atoms with van der Waals surface area (Å²) in [5, 5.41) is 3.46. The van der Waals surface area contributed by atoms with Gasteiger partial charge in [0.25, 0.3) is 0 Å². The maximum Gasteiger partial charge on any atom is 0.0349 e. The highest BCUT2D eigenvalue weighted by Crippen LogP contribution is 2.26. The zero-order valence-electron chi connectivity index (χ0n) is 13.7. The van der Waals surface area contributed by atoms with Crippen molar-refractivity contribution in [3.8, 4) is 0 Å². The van der Waals surface area contributed by atoms with Crippen molar-refractivity contribution in [2.45, 2.75) is 32.7 Å². The maximum atomic E-state index is 3.46. The normalized spacial score (nSPS) is 18.0. The van der Waals surface area contributed by atoms with Gasteiger partial charge in [-0.25, -0.2) is 0 Å². The summed E-state index contributed by atoms with van der Waals surface area (Å²) in [6, 6.07) is 11.6. The van der Waals surface area contributed by atoms with E-state index in [0.29, 0.717) is 6.04 Å². The molecule has 1 aromatic rings. The molecule has 1 N–H and O–H groups in total. The number of rotatable bonds is 8. The van der Waals surface area contributed by atoms with E-state index in [1.54, 1.807) is 0 Å². The van der Waals surface area contributed by atoms with E-state index in [1.807, 2.05) is 0 Å². The molecule has 1 aromatic carbocycles. The van der Waals surface area contributed by atoms with Crippen molar-refractivity contribution in [3.05, 3.63) is 35.9 Å². The minimum atomic E-state index is 0.587. The van der Waals surface area contributed by atoms with Gasteiger partial charge in [0, 0.05) is 32.2 Å². The van der Waals surface area contributed by atoms with Crippen LogP contribution in [0.4, 0.5) is 0 Å². The molecule has 0 unspecified atom stereocenters. The van der Waals surface area contributed by atoms with E-state index in [0.717, 1.165) is 13.1 Å². The molecule has 21 heavy (non-hydrogen) atoms. The van der Waals surface area contributed by atoms with Crippen molar-refractivity contribution in [2.24, 2.45) is 0 Å². The van der Waals surface area contributed by atoms with Crippen LogP contribution in [-0.4, -0.2) is 55.6 Å². The smallest absolute Gasteiger partial charge is 0.0349 e. The largest absolute Gasteiger partial charge is 0.314 e. The molecular formula is C18H31N3. The lowest BCUT2D eigenvalue weighted by atomic mass is 9.99. The van der Waals surface area contributed by atoms with Gasteiger partial charge >= 0.3 is 0 Å². The zero-order chi connectivity index (χ0) is 14.9. The second kappa shape index (κ2) is 9.19. The molecule has 0 spiro atoms. The molecule has 2 rings (SSSR count). The van der Waals surface area contributed by atoms with E-state index in [4.69, 9.17) is 0 Å². The molecule has 1 aliphatic heterocycles. The molecule has 0 amide bonds. The van der Waals surface area contributed by atoms with Crippen LogP contribution in [-0.2, 0) is 0 Å². The predicted molar refractivity (Wildman–Crippen MR) is 90.6 cm³/mol.